The molecule has 150 valence electrons. The quantitative estimate of drug-likeness (QED) is 0.599. The first-order chi connectivity index (χ1) is 14.0. The summed E-state index contributed by atoms with van der Waals surface area (Å²) < 4.78 is 2.29. The van der Waals surface area contributed by atoms with Gasteiger partial charge < -0.3 is 14.8 Å². The Kier molecular flexibility index (Phi) is 5.41. The Bertz CT molecular complexity index is 1010. The molecular formula is C24H28N4S. The Morgan fingerprint density at radius 1 is 1.07 bits per heavy atom. The minimum absolute atomic E-state index is 0.0163. The number of hydrogen-bond acceptors (Lipinski definition) is 2. The first kappa shape index (κ1) is 19.6. The van der Waals surface area contributed by atoms with Crippen molar-refractivity contribution in [1.29, 1.82) is 0 Å². The van der Waals surface area contributed by atoms with Crippen LogP contribution in [0.4, 0.5) is 0 Å². The molecule has 2 atom stereocenters. The van der Waals surface area contributed by atoms with Crippen molar-refractivity contribution in [1.82, 2.24) is 19.8 Å². The first-order valence-electron chi connectivity index (χ1n) is 10.2. The van der Waals surface area contributed by atoms with Crippen LogP contribution in [0.2, 0.25) is 0 Å². The summed E-state index contributed by atoms with van der Waals surface area (Å²) in [6, 6.07) is 17.1. The van der Waals surface area contributed by atoms with E-state index in [1.807, 2.05) is 18.3 Å². The van der Waals surface area contributed by atoms with E-state index < -0.39 is 0 Å². The number of nitrogens with one attached hydrogen (secondary N) is 1. The van der Waals surface area contributed by atoms with Gasteiger partial charge in [-0.2, -0.15) is 0 Å². The second-order valence-corrected chi connectivity index (χ2v) is 8.63. The van der Waals surface area contributed by atoms with Gasteiger partial charge in [0.05, 0.1) is 17.8 Å². The first-order valence-corrected chi connectivity index (χ1v) is 10.6. The molecule has 0 saturated carbocycles. The van der Waals surface area contributed by atoms with Crippen LogP contribution in [-0.2, 0) is 0 Å². The third-order valence-electron chi connectivity index (χ3n) is 5.61. The number of nitrogens with zero attached hydrogens (tertiary/aromatic N) is 3. The van der Waals surface area contributed by atoms with Crippen molar-refractivity contribution >= 4 is 17.3 Å². The van der Waals surface area contributed by atoms with Crippen LogP contribution in [0.15, 0.2) is 60.9 Å². The molecule has 0 spiro atoms. The van der Waals surface area contributed by atoms with Gasteiger partial charge in [0.15, 0.2) is 5.11 Å². The van der Waals surface area contributed by atoms with Gasteiger partial charge in [-0.3, -0.25) is 4.98 Å². The summed E-state index contributed by atoms with van der Waals surface area (Å²) in [5.41, 5.74) is 6.01. The maximum Gasteiger partial charge on any atom is 0.170 e. The Labute approximate surface area is 178 Å². The Morgan fingerprint density at radius 2 is 1.90 bits per heavy atom. The highest BCUT2D eigenvalue weighted by molar-refractivity contribution is 7.80. The van der Waals surface area contributed by atoms with Crippen LogP contribution in [0, 0.1) is 19.8 Å². The van der Waals surface area contributed by atoms with Gasteiger partial charge in [0.1, 0.15) is 0 Å². The average molecular weight is 405 g/mol. The minimum atomic E-state index is 0.0163. The fourth-order valence-electron chi connectivity index (χ4n) is 4.06. The lowest BCUT2D eigenvalue weighted by Crippen LogP contribution is -2.33. The number of thiocarbonyl (C=S) groups is 1. The van der Waals surface area contributed by atoms with E-state index in [1.165, 1.54) is 22.5 Å². The van der Waals surface area contributed by atoms with E-state index >= 15 is 0 Å². The molecule has 4 nitrogen and oxygen atoms in total. The lowest BCUT2D eigenvalue weighted by atomic mass is 10.00. The van der Waals surface area contributed by atoms with Crippen molar-refractivity contribution in [2.45, 2.75) is 39.8 Å². The summed E-state index contributed by atoms with van der Waals surface area (Å²) in [6.07, 6.45) is 3.99. The van der Waals surface area contributed by atoms with Crippen molar-refractivity contribution < 1.29 is 0 Å². The predicted molar refractivity (Wildman–Crippen MR) is 122 cm³/mol. The van der Waals surface area contributed by atoms with Crippen molar-refractivity contribution in [3.8, 4) is 5.69 Å². The molecule has 1 saturated heterocycles. The van der Waals surface area contributed by atoms with Gasteiger partial charge in [-0.1, -0.05) is 26.0 Å². The minimum Gasteiger partial charge on any atom is -0.352 e. The molecular weight excluding hydrogens is 376 g/mol. The van der Waals surface area contributed by atoms with Crippen LogP contribution in [0.5, 0.6) is 0 Å². The van der Waals surface area contributed by atoms with Crippen LogP contribution >= 0.6 is 12.2 Å². The molecule has 3 heterocycles. The summed E-state index contributed by atoms with van der Waals surface area (Å²) in [7, 11) is 0. The number of aryl methyl sites for hydroxylation is 2. The largest absolute Gasteiger partial charge is 0.352 e. The zero-order valence-electron chi connectivity index (χ0n) is 17.5. The van der Waals surface area contributed by atoms with Crippen molar-refractivity contribution in [3.63, 3.8) is 0 Å². The third kappa shape index (κ3) is 3.79. The summed E-state index contributed by atoms with van der Waals surface area (Å²) in [4.78, 5) is 6.96. The number of rotatable bonds is 5. The maximum atomic E-state index is 5.76. The molecule has 0 amide bonds. The molecule has 1 fully saturated rings. The molecule has 1 N–H and O–H groups in total. The lowest BCUT2D eigenvalue weighted by molar-refractivity contribution is 0.280. The number of aromatic nitrogens is 2. The molecule has 4 rings (SSSR count). The van der Waals surface area contributed by atoms with Crippen molar-refractivity contribution in [3.05, 3.63) is 83.4 Å². The van der Waals surface area contributed by atoms with Gasteiger partial charge in [-0.25, -0.2) is 0 Å². The summed E-state index contributed by atoms with van der Waals surface area (Å²) in [5.74, 6) is 0.504. The van der Waals surface area contributed by atoms with E-state index in [9.17, 15) is 0 Å². The fourth-order valence-corrected chi connectivity index (χ4v) is 4.38. The smallest absolute Gasteiger partial charge is 0.170 e. The van der Waals surface area contributed by atoms with Crippen LogP contribution in [0.3, 0.4) is 0 Å². The monoisotopic (exact) mass is 404 g/mol. The predicted octanol–water partition coefficient (Wildman–Crippen LogP) is 5.12. The maximum absolute atomic E-state index is 5.76. The Morgan fingerprint density at radius 3 is 2.59 bits per heavy atom. The molecule has 5 heteroatoms. The average Bonchev–Trinajstić information content (AvgIpc) is 3.29. The summed E-state index contributed by atoms with van der Waals surface area (Å²) in [5, 5.41) is 4.34. The number of hydrogen-bond donors (Lipinski definition) is 1. The van der Waals surface area contributed by atoms with Gasteiger partial charge in [0, 0.05) is 30.3 Å². The second-order valence-electron chi connectivity index (χ2n) is 8.24. The molecule has 1 aliphatic rings. The van der Waals surface area contributed by atoms with Crippen LogP contribution in [0.1, 0.15) is 48.4 Å². The van der Waals surface area contributed by atoms with Crippen LogP contribution in [-0.4, -0.2) is 26.1 Å². The zero-order valence-corrected chi connectivity index (χ0v) is 18.3. The molecule has 29 heavy (non-hydrogen) atoms. The van der Waals surface area contributed by atoms with E-state index in [2.05, 4.69) is 90.1 Å². The van der Waals surface area contributed by atoms with E-state index in [0.717, 1.165) is 17.4 Å². The molecule has 1 aliphatic heterocycles. The fraction of sp³-hybridized carbons (Fsp3) is 0.333. The van der Waals surface area contributed by atoms with Gasteiger partial charge in [0.2, 0.25) is 0 Å². The third-order valence-corrected chi connectivity index (χ3v) is 5.96. The van der Waals surface area contributed by atoms with Crippen LogP contribution < -0.4 is 5.32 Å². The highest BCUT2D eigenvalue weighted by Gasteiger charge is 2.41. The Hall–Kier alpha value is -2.66. The topological polar surface area (TPSA) is 33.1 Å². The summed E-state index contributed by atoms with van der Waals surface area (Å²) in [6.45, 7) is 9.68. The molecule has 0 radical (unpaired) electrons. The molecule has 2 aromatic heterocycles. The standard InChI is InChI=1S/C24H28N4S/c1-16(2)15-28-23(22(26-24(28)29)20-8-5-6-12-25-20)21-9-7-13-27(21)19-11-10-17(3)18(4)14-19/h5-14,16,22-23H,15H2,1-4H3,(H,26,29). The second kappa shape index (κ2) is 7.99. The highest BCUT2D eigenvalue weighted by Crippen LogP contribution is 2.40. The van der Waals surface area contributed by atoms with E-state index in [4.69, 9.17) is 12.2 Å². The van der Waals surface area contributed by atoms with Crippen molar-refractivity contribution in [2.24, 2.45) is 5.92 Å². The Balaban J connectivity index is 1.82. The van der Waals surface area contributed by atoms with Gasteiger partial charge in [0.25, 0.3) is 0 Å². The van der Waals surface area contributed by atoms with E-state index in [1.54, 1.807) is 0 Å². The van der Waals surface area contributed by atoms with E-state index in [0.29, 0.717) is 5.92 Å². The SMILES string of the molecule is Cc1ccc(-n2cccc2C2C(c3ccccn3)NC(=S)N2CC(C)C)cc1C. The zero-order chi connectivity index (χ0) is 20.5. The normalized spacial score (nSPS) is 19.1. The van der Waals surface area contributed by atoms with E-state index in [-0.39, 0.29) is 12.1 Å². The molecule has 3 aromatic rings. The summed E-state index contributed by atoms with van der Waals surface area (Å²) >= 11 is 5.76. The number of pyridine rings is 1. The molecule has 1 aromatic carbocycles. The lowest BCUT2D eigenvalue weighted by Gasteiger charge is -2.30. The molecule has 2 unspecified atom stereocenters. The van der Waals surface area contributed by atoms with Gasteiger partial charge in [-0.05, 0) is 79.5 Å². The van der Waals surface area contributed by atoms with Crippen LogP contribution in [0.25, 0.3) is 5.69 Å². The molecule has 0 aliphatic carbocycles. The van der Waals surface area contributed by atoms with Gasteiger partial charge in [-0.15, -0.1) is 0 Å². The van der Waals surface area contributed by atoms with Gasteiger partial charge >= 0.3 is 0 Å². The highest BCUT2D eigenvalue weighted by atomic mass is 32.1. The van der Waals surface area contributed by atoms with Crippen molar-refractivity contribution in [2.75, 3.05) is 6.54 Å². The number of benzene rings is 1. The molecule has 0 bridgehead atoms.